The van der Waals surface area contributed by atoms with Gasteiger partial charge in [0.2, 0.25) is 0 Å². The fraction of sp³-hybridized carbons (Fsp3) is 0.438. The van der Waals surface area contributed by atoms with E-state index in [1.54, 1.807) is 13.3 Å². The van der Waals surface area contributed by atoms with E-state index in [-0.39, 0.29) is 6.04 Å². The number of nitrogens with zero attached hydrogens (tertiary/aromatic N) is 2. The van der Waals surface area contributed by atoms with Crippen LogP contribution >= 0.6 is 11.6 Å². The van der Waals surface area contributed by atoms with Gasteiger partial charge in [0.25, 0.3) is 0 Å². The number of aromatic nitrogens is 2. The number of hydrogen-bond donors (Lipinski definition) is 1. The Kier molecular flexibility index (Phi) is 5.26. The number of halogens is 1. The summed E-state index contributed by atoms with van der Waals surface area (Å²) in [6.45, 7) is 5.07. The van der Waals surface area contributed by atoms with Crippen molar-refractivity contribution in [1.29, 1.82) is 0 Å². The van der Waals surface area contributed by atoms with Crippen LogP contribution in [0.4, 0.5) is 0 Å². The van der Waals surface area contributed by atoms with Crippen LogP contribution in [0.2, 0.25) is 5.02 Å². The maximum absolute atomic E-state index is 6.07. The van der Waals surface area contributed by atoms with Gasteiger partial charge in [-0.25, -0.2) is 0 Å². The van der Waals surface area contributed by atoms with Crippen molar-refractivity contribution in [3.8, 4) is 5.75 Å². The number of benzene rings is 1. The van der Waals surface area contributed by atoms with E-state index in [4.69, 9.17) is 16.3 Å². The molecule has 114 valence electrons. The first-order valence-corrected chi connectivity index (χ1v) is 7.53. The lowest BCUT2D eigenvalue weighted by molar-refractivity contribution is 0.400. The van der Waals surface area contributed by atoms with Crippen LogP contribution < -0.4 is 10.1 Å². The fourth-order valence-corrected chi connectivity index (χ4v) is 2.85. The number of hydrogen-bond acceptors (Lipinski definition) is 3. The van der Waals surface area contributed by atoms with Gasteiger partial charge in [0, 0.05) is 11.6 Å². The highest BCUT2D eigenvalue weighted by molar-refractivity contribution is 6.30. The summed E-state index contributed by atoms with van der Waals surface area (Å²) in [5.74, 6) is 0.803. The summed E-state index contributed by atoms with van der Waals surface area (Å²) in [5, 5.41) is 8.56. The molecule has 0 aliphatic rings. The molecule has 4 nitrogen and oxygen atoms in total. The molecular formula is C16H22ClN3O. The second kappa shape index (κ2) is 6.96. The van der Waals surface area contributed by atoms with Crippen LogP contribution in [0.25, 0.3) is 0 Å². The van der Waals surface area contributed by atoms with E-state index in [0.29, 0.717) is 0 Å². The van der Waals surface area contributed by atoms with E-state index in [0.717, 1.165) is 35.0 Å². The highest BCUT2D eigenvalue weighted by Crippen LogP contribution is 2.32. The summed E-state index contributed by atoms with van der Waals surface area (Å²) < 4.78 is 7.50. The third-order valence-electron chi connectivity index (χ3n) is 3.61. The molecule has 21 heavy (non-hydrogen) atoms. The molecule has 0 bridgehead atoms. The molecule has 0 spiro atoms. The molecule has 2 aromatic rings. The normalized spacial score (nSPS) is 12.4. The van der Waals surface area contributed by atoms with Crippen LogP contribution in [0.15, 0.2) is 24.4 Å². The summed E-state index contributed by atoms with van der Waals surface area (Å²) in [5.41, 5.74) is 3.37. The molecule has 1 N–H and O–H groups in total. The van der Waals surface area contributed by atoms with Gasteiger partial charge in [-0.2, -0.15) is 5.10 Å². The molecule has 2 rings (SSSR count). The van der Waals surface area contributed by atoms with E-state index in [9.17, 15) is 0 Å². The molecule has 0 fully saturated rings. The van der Waals surface area contributed by atoms with Crippen LogP contribution in [-0.2, 0) is 6.54 Å². The monoisotopic (exact) mass is 307 g/mol. The number of aryl methyl sites for hydroxylation is 2. The van der Waals surface area contributed by atoms with Gasteiger partial charge < -0.3 is 10.1 Å². The zero-order chi connectivity index (χ0) is 15.4. The standard InChI is InChI=1S/C16H22ClN3O/c1-5-8-20-16(14(21-4)10-19-20)15(18-3)13-7-6-12(17)9-11(13)2/h6-7,9-10,15,18H,5,8H2,1-4H3. The Hall–Kier alpha value is -1.52. The van der Waals surface area contributed by atoms with Gasteiger partial charge in [0.05, 0.1) is 19.3 Å². The van der Waals surface area contributed by atoms with Crippen LogP contribution in [0, 0.1) is 6.92 Å². The molecular weight excluding hydrogens is 286 g/mol. The summed E-state index contributed by atoms with van der Waals surface area (Å²) in [6.07, 6.45) is 2.80. The summed E-state index contributed by atoms with van der Waals surface area (Å²) >= 11 is 6.07. The molecule has 0 aliphatic heterocycles. The van der Waals surface area contributed by atoms with Gasteiger partial charge in [-0.3, -0.25) is 4.68 Å². The van der Waals surface area contributed by atoms with Crippen molar-refractivity contribution >= 4 is 11.6 Å². The van der Waals surface area contributed by atoms with Crippen LogP contribution in [-0.4, -0.2) is 23.9 Å². The lowest BCUT2D eigenvalue weighted by Gasteiger charge is -2.21. The van der Waals surface area contributed by atoms with E-state index in [1.165, 1.54) is 5.56 Å². The molecule has 0 radical (unpaired) electrons. The first kappa shape index (κ1) is 15.9. The molecule has 1 aromatic heterocycles. The summed E-state index contributed by atoms with van der Waals surface area (Å²) in [7, 11) is 3.62. The average molecular weight is 308 g/mol. The SMILES string of the molecule is CCCn1ncc(OC)c1C(NC)c1ccc(Cl)cc1C. The Morgan fingerprint density at radius 1 is 1.43 bits per heavy atom. The number of nitrogens with one attached hydrogen (secondary N) is 1. The predicted molar refractivity (Wildman–Crippen MR) is 86.2 cm³/mol. The minimum absolute atomic E-state index is 0.0197. The number of rotatable bonds is 6. The molecule has 0 aliphatic carbocycles. The predicted octanol–water partition coefficient (Wildman–Crippen LogP) is 3.57. The van der Waals surface area contributed by atoms with Crippen molar-refractivity contribution in [2.75, 3.05) is 14.2 Å². The highest BCUT2D eigenvalue weighted by atomic mass is 35.5. The van der Waals surface area contributed by atoms with E-state index in [2.05, 4.69) is 30.3 Å². The molecule has 0 amide bonds. The molecule has 1 heterocycles. The second-order valence-corrected chi connectivity index (χ2v) is 5.48. The van der Waals surface area contributed by atoms with E-state index in [1.807, 2.05) is 23.9 Å². The van der Waals surface area contributed by atoms with Crippen LogP contribution in [0.5, 0.6) is 5.75 Å². The Balaban J connectivity index is 2.52. The Morgan fingerprint density at radius 3 is 2.76 bits per heavy atom. The van der Waals surface area contributed by atoms with Crippen molar-refractivity contribution in [2.45, 2.75) is 32.9 Å². The zero-order valence-electron chi connectivity index (χ0n) is 13.0. The highest BCUT2D eigenvalue weighted by Gasteiger charge is 2.23. The average Bonchev–Trinajstić information content (AvgIpc) is 2.85. The van der Waals surface area contributed by atoms with Crippen molar-refractivity contribution in [2.24, 2.45) is 0 Å². The van der Waals surface area contributed by atoms with Gasteiger partial charge in [-0.15, -0.1) is 0 Å². The van der Waals surface area contributed by atoms with E-state index >= 15 is 0 Å². The maximum atomic E-state index is 6.07. The topological polar surface area (TPSA) is 39.1 Å². The largest absolute Gasteiger partial charge is 0.493 e. The molecule has 0 saturated heterocycles. The van der Waals surface area contributed by atoms with Crippen LogP contribution in [0.3, 0.4) is 0 Å². The molecule has 0 saturated carbocycles. The number of methoxy groups -OCH3 is 1. The smallest absolute Gasteiger partial charge is 0.161 e. The van der Waals surface area contributed by atoms with Gasteiger partial charge >= 0.3 is 0 Å². The van der Waals surface area contributed by atoms with Crippen molar-refractivity contribution < 1.29 is 4.74 Å². The number of ether oxygens (including phenoxy) is 1. The molecule has 1 atom stereocenters. The quantitative estimate of drug-likeness (QED) is 0.886. The maximum Gasteiger partial charge on any atom is 0.161 e. The lowest BCUT2D eigenvalue weighted by Crippen LogP contribution is -2.23. The lowest BCUT2D eigenvalue weighted by atomic mass is 9.98. The Bertz CT molecular complexity index is 610. The zero-order valence-corrected chi connectivity index (χ0v) is 13.7. The van der Waals surface area contributed by atoms with Crippen molar-refractivity contribution in [3.63, 3.8) is 0 Å². The molecule has 1 aromatic carbocycles. The van der Waals surface area contributed by atoms with Gasteiger partial charge in [0.1, 0.15) is 5.69 Å². The summed E-state index contributed by atoms with van der Waals surface area (Å²) in [4.78, 5) is 0. The third kappa shape index (κ3) is 3.22. The summed E-state index contributed by atoms with van der Waals surface area (Å²) in [6, 6.07) is 5.98. The second-order valence-electron chi connectivity index (χ2n) is 5.04. The van der Waals surface area contributed by atoms with Gasteiger partial charge in [-0.05, 0) is 43.7 Å². The Labute approximate surface area is 131 Å². The molecule has 5 heteroatoms. The van der Waals surface area contributed by atoms with E-state index < -0.39 is 0 Å². The van der Waals surface area contributed by atoms with Crippen molar-refractivity contribution in [3.05, 3.63) is 46.2 Å². The van der Waals surface area contributed by atoms with Gasteiger partial charge in [0.15, 0.2) is 5.75 Å². The Morgan fingerprint density at radius 2 is 2.19 bits per heavy atom. The van der Waals surface area contributed by atoms with Gasteiger partial charge in [-0.1, -0.05) is 24.6 Å². The first-order valence-electron chi connectivity index (χ1n) is 7.15. The minimum Gasteiger partial charge on any atom is -0.493 e. The van der Waals surface area contributed by atoms with Crippen LogP contribution in [0.1, 0.15) is 36.2 Å². The fourth-order valence-electron chi connectivity index (χ4n) is 2.62. The third-order valence-corrected chi connectivity index (χ3v) is 3.84. The van der Waals surface area contributed by atoms with Crippen molar-refractivity contribution in [1.82, 2.24) is 15.1 Å². The minimum atomic E-state index is 0.0197. The first-order chi connectivity index (χ1) is 10.1. The molecule has 1 unspecified atom stereocenters.